The average molecular weight is 466 g/mol. The summed E-state index contributed by atoms with van der Waals surface area (Å²) in [6, 6.07) is 20.3. The third-order valence-corrected chi connectivity index (χ3v) is 5.41. The topological polar surface area (TPSA) is 66.8 Å². The zero-order valence-electron chi connectivity index (χ0n) is 18.9. The van der Waals surface area contributed by atoms with Crippen molar-refractivity contribution in [1.82, 2.24) is 4.90 Å². The summed E-state index contributed by atoms with van der Waals surface area (Å²) in [4.78, 5) is 25.6. The lowest BCUT2D eigenvalue weighted by Crippen LogP contribution is -2.12. The summed E-state index contributed by atoms with van der Waals surface area (Å²) in [5.74, 6) is 0.522. The van der Waals surface area contributed by atoms with E-state index in [1.54, 1.807) is 36.4 Å². The van der Waals surface area contributed by atoms with Crippen LogP contribution in [0.2, 0.25) is 5.02 Å². The van der Waals surface area contributed by atoms with E-state index in [1.165, 1.54) is 5.56 Å². The lowest BCUT2D eigenvalue weighted by molar-refractivity contribution is -0.136. The van der Waals surface area contributed by atoms with Gasteiger partial charge in [0.1, 0.15) is 11.5 Å². The number of hydrogen-bond acceptors (Lipinski definition) is 4. The summed E-state index contributed by atoms with van der Waals surface area (Å²) in [5, 5.41) is 9.77. The first-order valence-corrected chi connectivity index (χ1v) is 11.2. The Bertz CT molecular complexity index is 1090. The number of rotatable bonds is 11. The van der Waals surface area contributed by atoms with Crippen LogP contribution in [0.5, 0.6) is 11.5 Å². The Morgan fingerprint density at radius 2 is 1.61 bits per heavy atom. The zero-order chi connectivity index (χ0) is 23.8. The van der Waals surface area contributed by atoms with Crippen LogP contribution in [0.15, 0.2) is 66.7 Å². The van der Waals surface area contributed by atoms with Gasteiger partial charge in [0.15, 0.2) is 5.78 Å². The molecule has 6 heteroatoms. The number of carboxylic acid groups (broad SMARTS) is 1. The van der Waals surface area contributed by atoms with Crippen molar-refractivity contribution in [3.8, 4) is 11.5 Å². The van der Waals surface area contributed by atoms with Gasteiger partial charge in [-0.15, -0.1) is 0 Å². The maximum atomic E-state index is 12.5. The molecular weight excluding hydrogens is 438 g/mol. The van der Waals surface area contributed by atoms with Gasteiger partial charge in [0.25, 0.3) is 0 Å². The number of Topliss-reactive ketones (excluding diaryl/α,β-unsaturated/α-hetero) is 1. The Balaban J connectivity index is 1.61. The van der Waals surface area contributed by atoms with Crippen LogP contribution in [-0.2, 0) is 24.2 Å². The number of aryl methyl sites for hydroxylation is 1. The van der Waals surface area contributed by atoms with Crippen LogP contribution in [0, 0.1) is 0 Å². The molecule has 0 aliphatic rings. The maximum Gasteiger partial charge on any atom is 0.307 e. The summed E-state index contributed by atoms with van der Waals surface area (Å²) >= 11 is 5.91. The van der Waals surface area contributed by atoms with Crippen molar-refractivity contribution < 1.29 is 19.4 Å². The third kappa shape index (κ3) is 7.74. The zero-order valence-corrected chi connectivity index (χ0v) is 19.6. The van der Waals surface area contributed by atoms with Crippen molar-refractivity contribution in [3.63, 3.8) is 0 Å². The normalized spacial score (nSPS) is 10.9. The van der Waals surface area contributed by atoms with Crippen LogP contribution >= 0.6 is 11.6 Å². The Morgan fingerprint density at radius 1 is 0.939 bits per heavy atom. The van der Waals surface area contributed by atoms with Gasteiger partial charge in [-0.1, -0.05) is 35.9 Å². The number of carboxylic acids is 1. The van der Waals surface area contributed by atoms with Crippen LogP contribution in [0.1, 0.15) is 39.9 Å². The van der Waals surface area contributed by atoms with Gasteiger partial charge in [0.05, 0.1) is 6.42 Å². The second kappa shape index (κ2) is 11.6. The number of halogens is 1. The molecule has 0 spiro atoms. The van der Waals surface area contributed by atoms with Crippen molar-refractivity contribution in [2.45, 2.75) is 32.2 Å². The maximum absolute atomic E-state index is 12.5. The van der Waals surface area contributed by atoms with Gasteiger partial charge < -0.3 is 14.7 Å². The Labute approximate surface area is 199 Å². The SMILES string of the molecule is CN(C)Cc1cc(CC(=O)O)ccc1Oc1ccc(C(=O)CCCc2ccc(Cl)cc2)cc1. The smallest absolute Gasteiger partial charge is 0.307 e. The molecule has 5 nitrogen and oxygen atoms in total. The van der Waals surface area contributed by atoms with E-state index in [0.717, 1.165) is 24.0 Å². The lowest BCUT2D eigenvalue weighted by atomic mass is 10.0. The molecule has 0 unspecified atom stereocenters. The molecule has 0 saturated carbocycles. The molecule has 0 bridgehead atoms. The predicted molar refractivity (Wildman–Crippen MR) is 130 cm³/mol. The van der Waals surface area contributed by atoms with Gasteiger partial charge in [0, 0.05) is 29.1 Å². The van der Waals surface area contributed by atoms with E-state index in [0.29, 0.717) is 35.1 Å². The van der Waals surface area contributed by atoms with E-state index in [2.05, 4.69) is 0 Å². The minimum absolute atomic E-state index is 0.0322. The number of benzene rings is 3. The van der Waals surface area contributed by atoms with Gasteiger partial charge in [-0.3, -0.25) is 9.59 Å². The highest BCUT2D eigenvalue weighted by Crippen LogP contribution is 2.28. The monoisotopic (exact) mass is 465 g/mol. The number of ketones is 1. The standard InChI is InChI=1S/C27H28ClNO4/c1-29(2)18-22-16-20(17-27(31)32)8-15-26(22)33-24-13-9-21(10-14-24)25(30)5-3-4-19-6-11-23(28)12-7-19/h6-16H,3-5,17-18H2,1-2H3,(H,31,32). The van der Waals surface area contributed by atoms with Crippen molar-refractivity contribution in [1.29, 1.82) is 0 Å². The number of hydrogen-bond donors (Lipinski definition) is 1. The van der Waals surface area contributed by atoms with Crippen molar-refractivity contribution in [2.75, 3.05) is 14.1 Å². The quantitative estimate of drug-likeness (QED) is 0.350. The van der Waals surface area contributed by atoms with E-state index in [-0.39, 0.29) is 12.2 Å². The summed E-state index contributed by atoms with van der Waals surface area (Å²) < 4.78 is 6.06. The third-order valence-electron chi connectivity index (χ3n) is 5.15. The summed E-state index contributed by atoms with van der Waals surface area (Å²) in [5.41, 5.74) is 3.45. The number of carbonyl (C=O) groups is 2. The average Bonchev–Trinajstić information content (AvgIpc) is 2.76. The van der Waals surface area contributed by atoms with Crippen LogP contribution in [0.3, 0.4) is 0 Å². The number of nitrogens with zero attached hydrogens (tertiary/aromatic N) is 1. The molecule has 0 fully saturated rings. The van der Waals surface area contributed by atoms with Gasteiger partial charge in [-0.05, 0) is 80.5 Å². The Morgan fingerprint density at radius 3 is 2.24 bits per heavy atom. The van der Waals surface area contributed by atoms with Gasteiger partial charge in [-0.2, -0.15) is 0 Å². The second-order valence-corrected chi connectivity index (χ2v) is 8.72. The molecule has 33 heavy (non-hydrogen) atoms. The van der Waals surface area contributed by atoms with Crippen molar-refractivity contribution in [2.24, 2.45) is 0 Å². The van der Waals surface area contributed by atoms with E-state index in [4.69, 9.17) is 21.4 Å². The number of aliphatic carboxylic acids is 1. The highest BCUT2D eigenvalue weighted by molar-refractivity contribution is 6.30. The molecule has 1 N–H and O–H groups in total. The van der Waals surface area contributed by atoms with Crippen LogP contribution in [0.25, 0.3) is 0 Å². The molecule has 0 aromatic heterocycles. The molecule has 3 aromatic rings. The minimum Gasteiger partial charge on any atom is -0.481 e. The summed E-state index contributed by atoms with van der Waals surface area (Å²) in [6.45, 7) is 0.618. The molecule has 172 valence electrons. The molecule has 3 aromatic carbocycles. The summed E-state index contributed by atoms with van der Waals surface area (Å²) in [7, 11) is 3.89. The molecule has 0 amide bonds. The lowest BCUT2D eigenvalue weighted by Gasteiger charge is -2.16. The van der Waals surface area contributed by atoms with Gasteiger partial charge in [0.2, 0.25) is 0 Å². The minimum atomic E-state index is -0.868. The second-order valence-electron chi connectivity index (χ2n) is 8.28. The fourth-order valence-electron chi connectivity index (χ4n) is 3.57. The van der Waals surface area contributed by atoms with Gasteiger partial charge >= 0.3 is 5.97 Å². The predicted octanol–water partition coefficient (Wildman–Crippen LogP) is 6.03. The van der Waals surface area contributed by atoms with Gasteiger partial charge in [-0.25, -0.2) is 0 Å². The van der Waals surface area contributed by atoms with Crippen molar-refractivity contribution >= 4 is 23.4 Å². The molecule has 3 rings (SSSR count). The first kappa shape index (κ1) is 24.5. The highest BCUT2D eigenvalue weighted by atomic mass is 35.5. The Hall–Kier alpha value is -3.15. The molecule has 0 saturated heterocycles. The molecular formula is C27H28ClNO4. The van der Waals surface area contributed by atoms with Crippen LogP contribution in [0.4, 0.5) is 0 Å². The van der Waals surface area contributed by atoms with E-state index in [9.17, 15) is 9.59 Å². The molecule has 0 radical (unpaired) electrons. The molecule has 0 aliphatic heterocycles. The number of carbonyl (C=O) groups excluding carboxylic acids is 1. The first-order chi connectivity index (χ1) is 15.8. The fourth-order valence-corrected chi connectivity index (χ4v) is 3.69. The molecule has 0 aliphatic carbocycles. The Kier molecular flexibility index (Phi) is 8.64. The van der Waals surface area contributed by atoms with Crippen LogP contribution in [-0.4, -0.2) is 35.9 Å². The van der Waals surface area contributed by atoms with Crippen molar-refractivity contribution in [3.05, 3.63) is 94.0 Å². The molecule has 0 atom stereocenters. The largest absolute Gasteiger partial charge is 0.481 e. The van der Waals surface area contributed by atoms with E-state index >= 15 is 0 Å². The highest BCUT2D eigenvalue weighted by Gasteiger charge is 2.11. The molecule has 0 heterocycles. The van der Waals surface area contributed by atoms with E-state index in [1.807, 2.05) is 49.3 Å². The first-order valence-electron chi connectivity index (χ1n) is 10.8. The van der Waals surface area contributed by atoms with E-state index < -0.39 is 5.97 Å². The number of ether oxygens (including phenoxy) is 1. The summed E-state index contributed by atoms with van der Waals surface area (Å²) in [6.07, 6.45) is 2.04. The van der Waals surface area contributed by atoms with Crippen LogP contribution < -0.4 is 4.74 Å². The fraction of sp³-hybridized carbons (Fsp3) is 0.259.